The van der Waals surface area contributed by atoms with Gasteiger partial charge in [-0.15, -0.1) is 0 Å². The Bertz CT molecular complexity index is 479. The summed E-state index contributed by atoms with van der Waals surface area (Å²) in [5.41, 5.74) is 0. The molecule has 1 aromatic rings. The number of aliphatic imine (C=N–C) groups is 1. The zero-order valence-electron chi connectivity index (χ0n) is 10.1. The van der Waals surface area contributed by atoms with E-state index in [1.165, 1.54) is 0 Å². The normalized spacial score (nSPS) is 30.0. The first-order valence-electron chi connectivity index (χ1n) is 5.94. The maximum atomic E-state index is 7.53. The molecule has 4 heteroatoms. The molecule has 4 nitrogen and oxygen atoms in total. The fourth-order valence-electron chi connectivity index (χ4n) is 1.64. The van der Waals surface area contributed by atoms with Crippen molar-refractivity contribution >= 4 is 5.84 Å². The van der Waals surface area contributed by atoms with Gasteiger partial charge in [-0.25, -0.2) is 0 Å². The van der Waals surface area contributed by atoms with Gasteiger partial charge in [0.05, 0.1) is 9.26 Å². The standard InChI is InChI=1S/C11H12N2O2/c1-2-4-9-8(3-1)14-7-10(15-9)11-12-5-6-13-11/h1-4,10H,5-7H2,(H,12,13)/i2D,5D. The molecule has 0 aromatic heterocycles. The van der Waals surface area contributed by atoms with Crippen LogP contribution in [0.5, 0.6) is 11.5 Å². The van der Waals surface area contributed by atoms with Crippen LogP contribution >= 0.6 is 0 Å². The van der Waals surface area contributed by atoms with E-state index in [-0.39, 0.29) is 6.10 Å². The highest BCUT2D eigenvalue weighted by atomic mass is 16.6. The van der Waals surface area contributed by atoms with Crippen LogP contribution in [-0.4, -0.2) is 31.6 Å². The summed E-state index contributed by atoms with van der Waals surface area (Å²) in [7, 11) is 0. The van der Waals surface area contributed by atoms with E-state index in [0.717, 1.165) is 0 Å². The second-order valence-electron chi connectivity index (χ2n) is 3.37. The zero-order valence-corrected chi connectivity index (χ0v) is 8.06. The van der Waals surface area contributed by atoms with Gasteiger partial charge in [0, 0.05) is 6.54 Å². The van der Waals surface area contributed by atoms with Crippen molar-refractivity contribution < 1.29 is 12.2 Å². The molecule has 0 spiro atoms. The molecular weight excluding hydrogens is 192 g/mol. The largest absolute Gasteiger partial charge is 0.485 e. The molecule has 0 saturated carbocycles. The number of benzene rings is 1. The molecule has 2 aliphatic heterocycles. The minimum absolute atomic E-state index is 0.306. The van der Waals surface area contributed by atoms with Crippen molar-refractivity contribution in [3.05, 3.63) is 24.2 Å². The first-order valence-corrected chi connectivity index (χ1v) is 4.86. The summed E-state index contributed by atoms with van der Waals surface area (Å²) >= 11 is 0. The van der Waals surface area contributed by atoms with E-state index in [0.29, 0.717) is 36.5 Å². The van der Waals surface area contributed by atoms with Crippen LogP contribution in [0.25, 0.3) is 0 Å². The molecule has 0 radical (unpaired) electrons. The summed E-state index contributed by atoms with van der Waals surface area (Å²) in [4.78, 5) is 4.13. The summed E-state index contributed by atoms with van der Waals surface area (Å²) in [6.07, 6.45) is -0.306. The summed E-state index contributed by atoms with van der Waals surface area (Å²) in [6.45, 7) is 0.432. The molecule has 2 atom stereocenters. The van der Waals surface area contributed by atoms with Gasteiger partial charge >= 0.3 is 0 Å². The van der Waals surface area contributed by atoms with E-state index in [1.54, 1.807) is 18.2 Å². The molecule has 3 rings (SSSR count). The van der Waals surface area contributed by atoms with Crippen LogP contribution in [0.4, 0.5) is 0 Å². The molecule has 0 amide bonds. The number of para-hydroxylation sites is 2. The Labute approximate surface area is 90.7 Å². The van der Waals surface area contributed by atoms with Crippen LogP contribution in [0.15, 0.2) is 29.2 Å². The topological polar surface area (TPSA) is 42.8 Å². The lowest BCUT2D eigenvalue weighted by Crippen LogP contribution is -2.42. The molecular formula is C11H12N2O2. The fourth-order valence-corrected chi connectivity index (χ4v) is 1.64. The lowest BCUT2D eigenvalue weighted by atomic mass is 10.2. The number of hydrogen-bond donors (Lipinski definition) is 1. The van der Waals surface area contributed by atoms with Crippen LogP contribution in [0.1, 0.15) is 2.74 Å². The van der Waals surface area contributed by atoms with Gasteiger partial charge in [0.25, 0.3) is 0 Å². The Morgan fingerprint density at radius 2 is 2.53 bits per heavy atom. The van der Waals surface area contributed by atoms with Crippen LogP contribution in [0.2, 0.25) is 0 Å². The second kappa shape index (κ2) is 3.46. The number of nitrogens with one attached hydrogen (secondary N) is 1. The van der Waals surface area contributed by atoms with E-state index >= 15 is 0 Å². The maximum Gasteiger partial charge on any atom is 0.189 e. The molecule has 0 bridgehead atoms. The molecule has 0 fully saturated rings. The Morgan fingerprint density at radius 1 is 1.53 bits per heavy atom. The highest BCUT2D eigenvalue weighted by molar-refractivity contribution is 5.88. The van der Waals surface area contributed by atoms with E-state index in [1.807, 2.05) is 0 Å². The SMILES string of the molecule is [2H]c1ccc2c(c1)OC(C1=NC([2H])CN1)CO2. The van der Waals surface area contributed by atoms with Crippen molar-refractivity contribution in [2.45, 2.75) is 6.10 Å². The number of nitrogens with zero attached hydrogens (tertiary/aromatic N) is 1. The average Bonchev–Trinajstić information content (AvgIpc) is 2.75. The molecule has 2 aliphatic rings. The molecule has 78 valence electrons. The Morgan fingerprint density at radius 3 is 3.40 bits per heavy atom. The molecule has 2 heterocycles. The maximum absolute atomic E-state index is 7.53. The van der Waals surface area contributed by atoms with Gasteiger partial charge < -0.3 is 14.8 Å². The van der Waals surface area contributed by atoms with Gasteiger partial charge in [0.1, 0.15) is 12.4 Å². The highest BCUT2D eigenvalue weighted by Crippen LogP contribution is 2.31. The second-order valence-corrected chi connectivity index (χ2v) is 3.37. The minimum Gasteiger partial charge on any atom is -0.485 e. The van der Waals surface area contributed by atoms with Crippen LogP contribution in [-0.2, 0) is 0 Å². The van der Waals surface area contributed by atoms with Crippen LogP contribution in [0.3, 0.4) is 0 Å². The third-order valence-electron chi connectivity index (χ3n) is 2.36. The monoisotopic (exact) mass is 206 g/mol. The van der Waals surface area contributed by atoms with Gasteiger partial charge in [-0.05, 0) is 12.1 Å². The van der Waals surface area contributed by atoms with Crippen LogP contribution < -0.4 is 14.8 Å². The van der Waals surface area contributed by atoms with E-state index in [9.17, 15) is 0 Å². The molecule has 0 saturated heterocycles. The zero-order chi connectivity index (χ0) is 11.8. The third-order valence-corrected chi connectivity index (χ3v) is 2.36. The van der Waals surface area contributed by atoms with E-state index in [4.69, 9.17) is 12.2 Å². The smallest absolute Gasteiger partial charge is 0.189 e. The van der Waals surface area contributed by atoms with Gasteiger partial charge in [-0.2, -0.15) is 0 Å². The van der Waals surface area contributed by atoms with Crippen molar-refractivity contribution in [2.24, 2.45) is 4.99 Å². The lowest BCUT2D eigenvalue weighted by molar-refractivity contribution is 0.133. The molecule has 1 N–H and O–H groups in total. The van der Waals surface area contributed by atoms with Crippen molar-refractivity contribution in [1.82, 2.24) is 5.32 Å². The van der Waals surface area contributed by atoms with Crippen molar-refractivity contribution in [3.8, 4) is 11.5 Å². The van der Waals surface area contributed by atoms with E-state index < -0.39 is 6.52 Å². The third kappa shape index (κ3) is 1.52. The summed E-state index contributed by atoms with van der Waals surface area (Å²) in [5, 5.41) is 3.03. The van der Waals surface area contributed by atoms with Gasteiger partial charge in [-0.1, -0.05) is 12.1 Å². The summed E-state index contributed by atoms with van der Waals surface area (Å²) in [6, 6.07) is 5.39. The van der Waals surface area contributed by atoms with Crippen LogP contribution in [0, 0.1) is 0 Å². The predicted molar refractivity (Wildman–Crippen MR) is 56.7 cm³/mol. The predicted octanol–water partition coefficient (Wildman–Crippen LogP) is 0.828. The number of ether oxygens (including phenoxy) is 2. The molecule has 15 heavy (non-hydrogen) atoms. The van der Waals surface area contributed by atoms with Gasteiger partial charge in [0.2, 0.25) is 0 Å². The highest BCUT2D eigenvalue weighted by Gasteiger charge is 2.26. The van der Waals surface area contributed by atoms with Gasteiger partial charge in [-0.3, -0.25) is 4.99 Å². The molecule has 1 aromatic carbocycles. The molecule has 0 aliphatic carbocycles. The summed E-state index contributed by atoms with van der Waals surface area (Å²) < 4.78 is 26.3. The number of amidine groups is 1. The first-order chi connectivity index (χ1) is 8.22. The number of hydrogen-bond acceptors (Lipinski definition) is 4. The molecule has 2 unspecified atom stereocenters. The van der Waals surface area contributed by atoms with E-state index in [2.05, 4.69) is 10.3 Å². The fraction of sp³-hybridized carbons (Fsp3) is 0.364. The first kappa shape index (κ1) is 6.71. The number of rotatable bonds is 1. The minimum atomic E-state index is -0.461. The lowest BCUT2D eigenvalue weighted by Gasteiger charge is -2.26. The summed E-state index contributed by atoms with van der Waals surface area (Å²) in [5.74, 6) is 1.87. The quantitative estimate of drug-likeness (QED) is 0.740. The van der Waals surface area contributed by atoms with Crippen molar-refractivity contribution in [2.75, 3.05) is 19.7 Å². The average molecular weight is 206 g/mol. The Hall–Kier alpha value is -1.71. The van der Waals surface area contributed by atoms with Crippen molar-refractivity contribution in [3.63, 3.8) is 0 Å². The van der Waals surface area contributed by atoms with Gasteiger partial charge in [0.15, 0.2) is 17.6 Å². The Balaban J connectivity index is 1.82. The number of fused-ring (bicyclic) bond motifs is 1. The van der Waals surface area contributed by atoms with Crippen molar-refractivity contribution in [1.29, 1.82) is 0 Å². The Kier molecular flexibility index (Phi) is 1.55.